The van der Waals surface area contributed by atoms with E-state index in [1.807, 2.05) is 23.1 Å². The van der Waals surface area contributed by atoms with Gasteiger partial charge in [0.2, 0.25) is 17.7 Å². The molecular formula is C22H32ClN5O3. The van der Waals surface area contributed by atoms with Crippen LogP contribution in [0.4, 0.5) is 0 Å². The Hall–Kier alpha value is -2.00. The van der Waals surface area contributed by atoms with Crippen LogP contribution in [-0.4, -0.2) is 77.4 Å². The normalized spacial score (nSPS) is 15.4. The Morgan fingerprint density at radius 2 is 2.00 bits per heavy atom. The van der Waals surface area contributed by atoms with Crippen LogP contribution >= 0.6 is 11.6 Å². The zero-order valence-electron chi connectivity index (χ0n) is 18.6. The fourth-order valence-electron chi connectivity index (χ4n) is 3.64. The van der Waals surface area contributed by atoms with Crippen molar-refractivity contribution in [2.24, 2.45) is 0 Å². The van der Waals surface area contributed by atoms with Crippen LogP contribution < -0.4 is 5.32 Å². The maximum absolute atomic E-state index is 12.6. The zero-order valence-corrected chi connectivity index (χ0v) is 19.3. The molecular weight excluding hydrogens is 418 g/mol. The molecule has 2 heterocycles. The van der Waals surface area contributed by atoms with Crippen LogP contribution in [0.3, 0.4) is 0 Å². The van der Waals surface area contributed by atoms with E-state index in [2.05, 4.69) is 41.2 Å². The number of carbonyl (C=O) groups is 1. The summed E-state index contributed by atoms with van der Waals surface area (Å²) in [5.74, 6) is 0.833. The topological polar surface area (TPSA) is 83.7 Å². The van der Waals surface area contributed by atoms with E-state index >= 15 is 0 Å². The van der Waals surface area contributed by atoms with Gasteiger partial charge in [0.05, 0.1) is 36.9 Å². The van der Waals surface area contributed by atoms with Gasteiger partial charge in [-0.3, -0.25) is 14.6 Å². The standard InChI is InChI=1S/C22H32ClN5O3/c1-4-9-27(14-19(29)24-16-22(2,3)28-10-12-30-13-11-28)15-20-25-26-21(31-20)17-7-5-6-8-18(17)23/h5-8H,4,9-16H2,1-3H3,(H,24,29). The molecule has 1 saturated heterocycles. The van der Waals surface area contributed by atoms with Gasteiger partial charge >= 0.3 is 0 Å². The highest BCUT2D eigenvalue weighted by Gasteiger charge is 2.28. The first-order valence-corrected chi connectivity index (χ1v) is 11.2. The van der Waals surface area contributed by atoms with Crippen molar-refractivity contribution < 1.29 is 13.9 Å². The predicted molar refractivity (Wildman–Crippen MR) is 120 cm³/mol. The summed E-state index contributed by atoms with van der Waals surface area (Å²) in [6.07, 6.45) is 0.915. The van der Waals surface area contributed by atoms with E-state index in [-0.39, 0.29) is 18.0 Å². The van der Waals surface area contributed by atoms with Crippen LogP contribution in [0.1, 0.15) is 33.1 Å². The summed E-state index contributed by atoms with van der Waals surface area (Å²) in [6.45, 7) is 11.6. The van der Waals surface area contributed by atoms with Gasteiger partial charge in [0.15, 0.2) is 0 Å². The van der Waals surface area contributed by atoms with Crippen molar-refractivity contribution in [2.75, 3.05) is 45.9 Å². The molecule has 1 aliphatic heterocycles. The van der Waals surface area contributed by atoms with Gasteiger partial charge < -0.3 is 14.5 Å². The molecule has 0 spiro atoms. The number of rotatable bonds is 10. The van der Waals surface area contributed by atoms with E-state index in [9.17, 15) is 4.79 Å². The molecule has 0 saturated carbocycles. The van der Waals surface area contributed by atoms with Crippen LogP contribution in [0.5, 0.6) is 0 Å². The first-order valence-electron chi connectivity index (χ1n) is 10.8. The van der Waals surface area contributed by atoms with Crippen LogP contribution in [-0.2, 0) is 16.1 Å². The molecule has 0 unspecified atom stereocenters. The van der Waals surface area contributed by atoms with Crippen LogP contribution in [0, 0.1) is 0 Å². The van der Waals surface area contributed by atoms with Crippen LogP contribution in [0.25, 0.3) is 11.5 Å². The summed E-state index contributed by atoms with van der Waals surface area (Å²) in [7, 11) is 0. The smallest absolute Gasteiger partial charge is 0.249 e. The highest BCUT2D eigenvalue weighted by Crippen LogP contribution is 2.26. The number of hydrogen-bond donors (Lipinski definition) is 1. The second-order valence-corrected chi connectivity index (χ2v) is 8.79. The van der Waals surface area contributed by atoms with Gasteiger partial charge in [-0.1, -0.05) is 30.7 Å². The number of benzene rings is 1. The van der Waals surface area contributed by atoms with Crippen molar-refractivity contribution in [2.45, 2.75) is 39.3 Å². The number of carbonyl (C=O) groups excluding carboxylic acids is 1. The number of nitrogens with one attached hydrogen (secondary N) is 1. The maximum atomic E-state index is 12.6. The van der Waals surface area contributed by atoms with E-state index in [0.717, 1.165) is 39.3 Å². The highest BCUT2D eigenvalue weighted by molar-refractivity contribution is 6.33. The van der Waals surface area contributed by atoms with Gasteiger partial charge in [0.25, 0.3) is 0 Å². The summed E-state index contributed by atoms with van der Waals surface area (Å²) in [6, 6.07) is 7.35. The molecule has 31 heavy (non-hydrogen) atoms. The molecule has 1 aromatic heterocycles. The predicted octanol–water partition coefficient (Wildman–Crippen LogP) is 2.83. The van der Waals surface area contributed by atoms with Gasteiger partial charge in [0, 0.05) is 25.2 Å². The first-order chi connectivity index (χ1) is 14.9. The fourth-order valence-corrected chi connectivity index (χ4v) is 3.85. The average Bonchev–Trinajstić information content (AvgIpc) is 3.22. The number of morpholine rings is 1. The Kier molecular flexibility index (Phi) is 8.43. The summed E-state index contributed by atoms with van der Waals surface area (Å²) >= 11 is 6.22. The van der Waals surface area contributed by atoms with Crippen molar-refractivity contribution in [3.05, 3.63) is 35.2 Å². The molecule has 1 fully saturated rings. The Balaban J connectivity index is 1.55. The quantitative estimate of drug-likeness (QED) is 0.597. The Bertz CT molecular complexity index is 851. The molecule has 0 bridgehead atoms. The number of halogens is 1. The lowest BCUT2D eigenvalue weighted by Crippen LogP contribution is -2.56. The number of ether oxygens (including phenoxy) is 1. The second-order valence-electron chi connectivity index (χ2n) is 8.38. The SMILES string of the molecule is CCCN(CC(=O)NCC(C)(C)N1CCOCC1)Cc1nnc(-c2ccccc2Cl)o1. The summed E-state index contributed by atoms with van der Waals surface area (Å²) < 4.78 is 11.2. The molecule has 1 amide bonds. The minimum Gasteiger partial charge on any atom is -0.419 e. The summed E-state index contributed by atoms with van der Waals surface area (Å²) in [5, 5.41) is 11.9. The maximum Gasteiger partial charge on any atom is 0.249 e. The third kappa shape index (κ3) is 6.74. The Morgan fingerprint density at radius 3 is 2.71 bits per heavy atom. The van der Waals surface area contributed by atoms with Crippen molar-refractivity contribution in [1.82, 2.24) is 25.3 Å². The second kappa shape index (κ2) is 11.0. The number of hydrogen-bond acceptors (Lipinski definition) is 7. The van der Waals surface area contributed by atoms with Crippen LogP contribution in [0.15, 0.2) is 28.7 Å². The molecule has 1 aliphatic rings. The van der Waals surface area contributed by atoms with Gasteiger partial charge in [-0.05, 0) is 38.9 Å². The van der Waals surface area contributed by atoms with Crippen molar-refractivity contribution in [3.8, 4) is 11.5 Å². The molecule has 8 nitrogen and oxygen atoms in total. The molecule has 2 aromatic rings. The number of amides is 1. The minimum absolute atomic E-state index is 0.0133. The molecule has 9 heteroatoms. The Morgan fingerprint density at radius 1 is 1.26 bits per heavy atom. The lowest BCUT2D eigenvalue weighted by atomic mass is 10.0. The third-order valence-corrected chi connectivity index (χ3v) is 5.75. The van der Waals surface area contributed by atoms with Crippen molar-refractivity contribution in [3.63, 3.8) is 0 Å². The van der Waals surface area contributed by atoms with Crippen molar-refractivity contribution in [1.29, 1.82) is 0 Å². The van der Waals surface area contributed by atoms with Gasteiger partial charge in [-0.25, -0.2) is 0 Å². The largest absolute Gasteiger partial charge is 0.419 e. The van der Waals surface area contributed by atoms with E-state index in [1.54, 1.807) is 6.07 Å². The zero-order chi connectivity index (χ0) is 22.3. The van der Waals surface area contributed by atoms with E-state index in [0.29, 0.717) is 35.5 Å². The number of aromatic nitrogens is 2. The fraction of sp³-hybridized carbons (Fsp3) is 0.591. The van der Waals surface area contributed by atoms with E-state index < -0.39 is 0 Å². The molecule has 1 aromatic carbocycles. The lowest BCUT2D eigenvalue weighted by Gasteiger charge is -2.41. The summed E-state index contributed by atoms with van der Waals surface area (Å²) in [4.78, 5) is 17.0. The van der Waals surface area contributed by atoms with E-state index in [4.69, 9.17) is 20.8 Å². The van der Waals surface area contributed by atoms with Gasteiger partial charge in [0.1, 0.15) is 0 Å². The average molecular weight is 450 g/mol. The van der Waals surface area contributed by atoms with Gasteiger partial charge in [-0.2, -0.15) is 0 Å². The molecule has 0 atom stereocenters. The lowest BCUT2D eigenvalue weighted by molar-refractivity contribution is -0.123. The molecule has 170 valence electrons. The van der Waals surface area contributed by atoms with Crippen LogP contribution in [0.2, 0.25) is 5.02 Å². The third-order valence-electron chi connectivity index (χ3n) is 5.42. The number of nitrogens with zero attached hydrogens (tertiary/aromatic N) is 4. The van der Waals surface area contributed by atoms with Gasteiger partial charge in [-0.15, -0.1) is 10.2 Å². The summed E-state index contributed by atoms with van der Waals surface area (Å²) in [5.41, 5.74) is 0.582. The first kappa shape index (κ1) is 23.7. The minimum atomic E-state index is -0.120. The van der Waals surface area contributed by atoms with E-state index in [1.165, 1.54) is 0 Å². The Labute approximate surface area is 188 Å². The monoisotopic (exact) mass is 449 g/mol. The molecule has 0 radical (unpaired) electrons. The highest BCUT2D eigenvalue weighted by atomic mass is 35.5. The van der Waals surface area contributed by atoms with Crippen molar-refractivity contribution >= 4 is 17.5 Å². The molecule has 1 N–H and O–H groups in total. The molecule has 0 aliphatic carbocycles. The molecule has 3 rings (SSSR count).